The number of benzene rings is 2. The van der Waals surface area contributed by atoms with E-state index in [9.17, 15) is 10.1 Å². The van der Waals surface area contributed by atoms with Crippen LogP contribution in [0, 0.1) is 11.3 Å². The highest BCUT2D eigenvalue weighted by molar-refractivity contribution is 5.94. The summed E-state index contributed by atoms with van der Waals surface area (Å²) in [4.78, 5) is 16.4. The first-order valence-corrected chi connectivity index (χ1v) is 10.1. The van der Waals surface area contributed by atoms with Crippen LogP contribution in [0.2, 0.25) is 0 Å². The van der Waals surface area contributed by atoms with Gasteiger partial charge in [-0.3, -0.25) is 4.90 Å². The summed E-state index contributed by atoms with van der Waals surface area (Å²) in [6, 6.07) is 14.7. The van der Waals surface area contributed by atoms with E-state index in [1.54, 1.807) is 12.0 Å². The summed E-state index contributed by atoms with van der Waals surface area (Å²) >= 11 is 0. The molecule has 0 saturated carbocycles. The zero-order chi connectivity index (χ0) is 20.5. The summed E-state index contributed by atoms with van der Waals surface area (Å²) in [5.41, 5.74) is 5.35. The summed E-state index contributed by atoms with van der Waals surface area (Å²) < 4.78 is 5.40. The van der Waals surface area contributed by atoms with E-state index in [0.717, 1.165) is 46.8 Å². The topological polar surface area (TPSA) is 68.6 Å². The van der Waals surface area contributed by atoms with Crippen LogP contribution in [0.1, 0.15) is 42.5 Å². The summed E-state index contributed by atoms with van der Waals surface area (Å²) in [6.07, 6.45) is 0.831. The number of nitrogens with zero attached hydrogens (tertiary/aromatic N) is 3. The molecule has 0 fully saturated rings. The molecule has 150 valence electrons. The lowest BCUT2D eigenvalue weighted by atomic mass is 9.90. The molecule has 2 aliphatic heterocycles. The molecule has 0 saturated heterocycles. The number of carbonyl (C=O) groups excluding carboxylic acids is 1. The van der Waals surface area contributed by atoms with Crippen LogP contribution in [0.15, 0.2) is 36.4 Å². The highest BCUT2D eigenvalue weighted by Gasteiger charge is 2.40. The minimum absolute atomic E-state index is 0.0454. The van der Waals surface area contributed by atoms with Gasteiger partial charge in [-0.15, -0.1) is 0 Å². The number of nitrogens with one attached hydrogen (secondary N) is 1. The monoisotopic (exact) mass is 390 g/mol. The Hall–Kier alpha value is -3.20. The molecule has 2 aliphatic rings. The quantitative estimate of drug-likeness (QED) is 0.858. The highest BCUT2D eigenvalue weighted by atomic mass is 16.5. The van der Waals surface area contributed by atoms with Crippen LogP contribution >= 0.6 is 0 Å². The lowest BCUT2D eigenvalue weighted by Gasteiger charge is -2.28. The molecule has 2 aromatic carbocycles. The van der Waals surface area contributed by atoms with Gasteiger partial charge in [0.2, 0.25) is 0 Å². The Bertz CT molecular complexity index is 981. The standard InChI is InChI=1S/C23H26N4O2/c1-4-25-23(28)27-11-10-15-12-16(6-9-20(15)27)22-19(14-24)18-8-7-17(29-3)13-21(18)26(22)5-2/h6-9,12-13,19,22H,4-5,10-11H2,1-3H3,(H,25,28). The van der Waals surface area contributed by atoms with Gasteiger partial charge in [0.1, 0.15) is 5.75 Å². The molecule has 2 aromatic rings. The molecule has 6 heteroatoms. The molecule has 2 unspecified atom stereocenters. The summed E-state index contributed by atoms with van der Waals surface area (Å²) in [7, 11) is 1.66. The molecule has 0 bridgehead atoms. The number of methoxy groups -OCH3 is 1. The number of hydrogen-bond acceptors (Lipinski definition) is 4. The molecule has 2 atom stereocenters. The number of anilines is 2. The van der Waals surface area contributed by atoms with E-state index >= 15 is 0 Å². The fourth-order valence-electron chi connectivity index (χ4n) is 4.60. The molecular formula is C23H26N4O2. The van der Waals surface area contributed by atoms with Gasteiger partial charge in [0.15, 0.2) is 0 Å². The number of hydrogen-bond donors (Lipinski definition) is 1. The Kier molecular flexibility index (Phi) is 5.06. The second-order valence-electron chi connectivity index (χ2n) is 7.39. The van der Waals surface area contributed by atoms with Crippen LogP contribution in [0.5, 0.6) is 5.75 Å². The number of likely N-dealkylation sites (N-methyl/N-ethyl adjacent to an activating group) is 1. The van der Waals surface area contributed by atoms with Crippen LogP contribution in [0.4, 0.5) is 16.2 Å². The van der Waals surface area contributed by atoms with Gasteiger partial charge in [0.05, 0.1) is 25.1 Å². The Balaban J connectivity index is 1.71. The van der Waals surface area contributed by atoms with Gasteiger partial charge in [-0.2, -0.15) is 5.26 Å². The van der Waals surface area contributed by atoms with Crippen LogP contribution in [0.25, 0.3) is 0 Å². The molecule has 0 spiro atoms. The molecule has 2 amide bonds. The minimum Gasteiger partial charge on any atom is -0.497 e. The van der Waals surface area contributed by atoms with Crippen molar-refractivity contribution in [2.24, 2.45) is 0 Å². The van der Waals surface area contributed by atoms with Gasteiger partial charge in [0.25, 0.3) is 0 Å². The van der Waals surface area contributed by atoms with E-state index in [4.69, 9.17) is 4.74 Å². The summed E-state index contributed by atoms with van der Waals surface area (Å²) in [5, 5.41) is 12.9. The maximum absolute atomic E-state index is 12.3. The van der Waals surface area contributed by atoms with Gasteiger partial charge in [-0.25, -0.2) is 4.79 Å². The third-order valence-corrected chi connectivity index (χ3v) is 5.93. The number of amides is 2. The molecule has 0 radical (unpaired) electrons. The first-order valence-electron chi connectivity index (χ1n) is 10.1. The van der Waals surface area contributed by atoms with Crippen LogP contribution in [0.3, 0.4) is 0 Å². The summed E-state index contributed by atoms with van der Waals surface area (Å²) in [5.74, 6) is 0.556. The van der Waals surface area contributed by atoms with Crippen molar-refractivity contribution in [2.45, 2.75) is 32.2 Å². The smallest absolute Gasteiger partial charge is 0.321 e. The van der Waals surface area contributed by atoms with Crippen molar-refractivity contribution < 1.29 is 9.53 Å². The van der Waals surface area contributed by atoms with Crippen LogP contribution in [-0.2, 0) is 6.42 Å². The Morgan fingerprint density at radius 3 is 2.76 bits per heavy atom. The van der Waals surface area contributed by atoms with E-state index in [-0.39, 0.29) is 18.0 Å². The fraction of sp³-hybridized carbons (Fsp3) is 0.391. The minimum atomic E-state index is -0.241. The molecule has 0 aromatic heterocycles. The fourth-order valence-corrected chi connectivity index (χ4v) is 4.60. The second kappa shape index (κ2) is 7.67. The molecule has 4 rings (SSSR count). The molecule has 6 nitrogen and oxygen atoms in total. The van der Waals surface area contributed by atoms with E-state index in [1.807, 2.05) is 31.2 Å². The zero-order valence-electron chi connectivity index (χ0n) is 17.1. The van der Waals surface area contributed by atoms with Crippen molar-refractivity contribution in [3.8, 4) is 11.8 Å². The van der Waals surface area contributed by atoms with Crippen molar-refractivity contribution in [1.29, 1.82) is 5.26 Å². The molecule has 0 aliphatic carbocycles. The van der Waals surface area contributed by atoms with Gasteiger partial charge in [-0.1, -0.05) is 18.2 Å². The summed E-state index contributed by atoms with van der Waals surface area (Å²) in [6.45, 7) is 6.13. The number of fused-ring (bicyclic) bond motifs is 2. The number of carbonyl (C=O) groups is 1. The normalized spacial score (nSPS) is 19.5. The molecule has 29 heavy (non-hydrogen) atoms. The highest BCUT2D eigenvalue weighted by Crippen LogP contribution is 2.50. The van der Waals surface area contributed by atoms with Crippen LogP contribution in [-0.4, -0.2) is 32.8 Å². The molecular weight excluding hydrogens is 364 g/mol. The zero-order valence-corrected chi connectivity index (χ0v) is 17.1. The van der Waals surface area contributed by atoms with Gasteiger partial charge in [-0.05, 0) is 49.1 Å². The van der Waals surface area contributed by atoms with Crippen LogP contribution < -0.4 is 19.9 Å². The van der Waals surface area contributed by atoms with Crippen molar-refractivity contribution in [1.82, 2.24) is 5.32 Å². The lowest BCUT2D eigenvalue weighted by Crippen LogP contribution is -2.38. The average Bonchev–Trinajstić information content (AvgIpc) is 3.31. The van der Waals surface area contributed by atoms with Crippen molar-refractivity contribution in [3.63, 3.8) is 0 Å². The molecule has 1 N–H and O–H groups in total. The molecule has 2 heterocycles. The lowest BCUT2D eigenvalue weighted by molar-refractivity contribution is 0.247. The van der Waals surface area contributed by atoms with Gasteiger partial charge >= 0.3 is 6.03 Å². The van der Waals surface area contributed by atoms with Gasteiger partial charge < -0.3 is 15.0 Å². The Morgan fingerprint density at radius 1 is 1.24 bits per heavy atom. The van der Waals surface area contributed by atoms with Crippen molar-refractivity contribution in [3.05, 3.63) is 53.1 Å². The number of urea groups is 1. The number of nitriles is 1. The van der Waals surface area contributed by atoms with E-state index in [1.165, 1.54) is 0 Å². The maximum Gasteiger partial charge on any atom is 0.321 e. The van der Waals surface area contributed by atoms with Crippen molar-refractivity contribution >= 4 is 17.4 Å². The van der Waals surface area contributed by atoms with E-state index < -0.39 is 0 Å². The second-order valence-corrected chi connectivity index (χ2v) is 7.39. The predicted octanol–water partition coefficient (Wildman–Crippen LogP) is 3.98. The number of ether oxygens (including phenoxy) is 1. The largest absolute Gasteiger partial charge is 0.497 e. The van der Waals surface area contributed by atoms with Crippen molar-refractivity contribution in [2.75, 3.05) is 36.5 Å². The number of rotatable bonds is 4. The average molecular weight is 390 g/mol. The maximum atomic E-state index is 12.3. The first kappa shape index (κ1) is 19.1. The third kappa shape index (κ3) is 3.07. The third-order valence-electron chi connectivity index (χ3n) is 5.93. The predicted molar refractivity (Wildman–Crippen MR) is 114 cm³/mol. The first-order chi connectivity index (χ1) is 14.1. The van der Waals surface area contributed by atoms with Gasteiger partial charge in [0, 0.05) is 37.1 Å². The SMILES string of the molecule is CCNC(=O)N1CCc2cc(C3C(C#N)c4ccc(OC)cc4N3CC)ccc21. The Morgan fingerprint density at radius 2 is 2.07 bits per heavy atom. The Labute approximate surface area is 171 Å². The van der Waals surface area contributed by atoms with E-state index in [0.29, 0.717) is 13.1 Å². The van der Waals surface area contributed by atoms with E-state index in [2.05, 4.69) is 35.3 Å².